The Labute approximate surface area is 111 Å². The van der Waals surface area contributed by atoms with Crippen LogP contribution in [-0.4, -0.2) is 24.6 Å². The SMILES string of the molecule is OCCCC1C=C/C(=C/c2ccc3c(c2)OCO3)O1. The molecule has 1 N–H and O–H groups in total. The van der Waals surface area contributed by atoms with Gasteiger partial charge in [0, 0.05) is 6.61 Å². The lowest BCUT2D eigenvalue weighted by Gasteiger charge is -2.09. The van der Waals surface area contributed by atoms with Gasteiger partial charge in [0.15, 0.2) is 11.5 Å². The summed E-state index contributed by atoms with van der Waals surface area (Å²) in [6.07, 6.45) is 7.63. The van der Waals surface area contributed by atoms with Crippen molar-refractivity contribution >= 4 is 6.08 Å². The summed E-state index contributed by atoms with van der Waals surface area (Å²) in [4.78, 5) is 0. The lowest BCUT2D eigenvalue weighted by molar-refractivity contribution is 0.161. The molecule has 0 spiro atoms. The molecule has 2 aliphatic rings. The Morgan fingerprint density at radius 1 is 1.26 bits per heavy atom. The lowest BCUT2D eigenvalue weighted by atomic mass is 10.2. The zero-order valence-corrected chi connectivity index (χ0v) is 10.5. The van der Waals surface area contributed by atoms with Gasteiger partial charge in [-0.05, 0) is 48.8 Å². The molecule has 0 radical (unpaired) electrons. The highest BCUT2D eigenvalue weighted by molar-refractivity contribution is 5.59. The van der Waals surface area contributed by atoms with Crippen LogP contribution in [0.3, 0.4) is 0 Å². The molecule has 3 rings (SSSR count). The minimum Gasteiger partial charge on any atom is -0.486 e. The molecule has 0 saturated heterocycles. The van der Waals surface area contributed by atoms with E-state index in [-0.39, 0.29) is 19.5 Å². The van der Waals surface area contributed by atoms with Crippen molar-refractivity contribution in [3.05, 3.63) is 41.7 Å². The molecule has 0 aromatic heterocycles. The monoisotopic (exact) mass is 260 g/mol. The van der Waals surface area contributed by atoms with E-state index in [0.717, 1.165) is 35.7 Å². The molecule has 0 fully saturated rings. The number of allylic oxidation sites excluding steroid dienone is 1. The summed E-state index contributed by atoms with van der Waals surface area (Å²) >= 11 is 0. The summed E-state index contributed by atoms with van der Waals surface area (Å²) in [5.74, 6) is 2.39. The summed E-state index contributed by atoms with van der Waals surface area (Å²) in [5.41, 5.74) is 1.02. The van der Waals surface area contributed by atoms with Gasteiger partial charge < -0.3 is 19.3 Å². The topological polar surface area (TPSA) is 47.9 Å². The van der Waals surface area contributed by atoms with Gasteiger partial charge in [0.05, 0.1) is 0 Å². The van der Waals surface area contributed by atoms with Gasteiger partial charge in [-0.1, -0.05) is 6.07 Å². The highest BCUT2D eigenvalue weighted by Gasteiger charge is 2.15. The maximum Gasteiger partial charge on any atom is 0.231 e. The van der Waals surface area contributed by atoms with Gasteiger partial charge in [0.25, 0.3) is 0 Å². The first-order valence-electron chi connectivity index (χ1n) is 6.42. The number of aliphatic hydroxyl groups is 1. The summed E-state index contributed by atoms with van der Waals surface area (Å²) in [6, 6.07) is 5.81. The first-order valence-corrected chi connectivity index (χ1v) is 6.42. The average Bonchev–Trinajstić information content (AvgIpc) is 3.05. The number of aliphatic hydroxyl groups excluding tert-OH is 1. The second-order valence-electron chi connectivity index (χ2n) is 4.54. The van der Waals surface area contributed by atoms with Gasteiger partial charge in [0.1, 0.15) is 11.9 Å². The van der Waals surface area contributed by atoms with Crippen LogP contribution in [0.25, 0.3) is 6.08 Å². The van der Waals surface area contributed by atoms with E-state index in [9.17, 15) is 0 Å². The lowest BCUT2D eigenvalue weighted by Crippen LogP contribution is -2.04. The molecule has 1 unspecified atom stereocenters. The number of ether oxygens (including phenoxy) is 3. The van der Waals surface area contributed by atoms with Crippen LogP contribution in [0.1, 0.15) is 18.4 Å². The molecule has 2 aliphatic heterocycles. The van der Waals surface area contributed by atoms with Crippen LogP contribution >= 0.6 is 0 Å². The fraction of sp³-hybridized carbons (Fsp3) is 0.333. The fourth-order valence-corrected chi connectivity index (χ4v) is 2.15. The van der Waals surface area contributed by atoms with Gasteiger partial charge in [-0.2, -0.15) is 0 Å². The third kappa shape index (κ3) is 2.74. The maximum absolute atomic E-state index is 8.80. The first kappa shape index (κ1) is 12.1. The van der Waals surface area contributed by atoms with E-state index in [0.29, 0.717) is 0 Å². The molecule has 2 heterocycles. The number of fused-ring (bicyclic) bond motifs is 1. The number of rotatable bonds is 4. The van der Waals surface area contributed by atoms with Crippen molar-refractivity contribution < 1.29 is 19.3 Å². The van der Waals surface area contributed by atoms with Crippen LogP contribution in [0.5, 0.6) is 11.5 Å². The molecule has 1 aromatic rings. The van der Waals surface area contributed by atoms with Crippen molar-refractivity contribution in [2.45, 2.75) is 18.9 Å². The Morgan fingerprint density at radius 2 is 2.16 bits per heavy atom. The quantitative estimate of drug-likeness (QED) is 0.903. The van der Waals surface area contributed by atoms with Crippen LogP contribution in [-0.2, 0) is 4.74 Å². The van der Waals surface area contributed by atoms with Gasteiger partial charge >= 0.3 is 0 Å². The second-order valence-corrected chi connectivity index (χ2v) is 4.54. The Morgan fingerprint density at radius 3 is 3.05 bits per heavy atom. The van der Waals surface area contributed by atoms with E-state index >= 15 is 0 Å². The smallest absolute Gasteiger partial charge is 0.231 e. The molecule has 1 atom stereocenters. The third-order valence-electron chi connectivity index (χ3n) is 3.11. The van der Waals surface area contributed by atoms with Crippen LogP contribution in [0, 0.1) is 0 Å². The van der Waals surface area contributed by atoms with Gasteiger partial charge in [-0.25, -0.2) is 0 Å². The van der Waals surface area contributed by atoms with Crippen LogP contribution in [0.15, 0.2) is 36.1 Å². The minimum atomic E-state index is 0.0763. The molecular formula is C15H16O4. The summed E-state index contributed by atoms with van der Waals surface area (Å²) in [5, 5.41) is 8.80. The van der Waals surface area contributed by atoms with Crippen molar-refractivity contribution in [2.75, 3.05) is 13.4 Å². The van der Waals surface area contributed by atoms with E-state index in [1.807, 2.05) is 36.4 Å². The zero-order chi connectivity index (χ0) is 13.1. The first-order chi connectivity index (χ1) is 9.35. The van der Waals surface area contributed by atoms with Crippen LogP contribution in [0.4, 0.5) is 0 Å². The summed E-state index contributed by atoms with van der Waals surface area (Å²) < 4.78 is 16.4. The van der Waals surface area contributed by atoms with Gasteiger partial charge in [-0.15, -0.1) is 0 Å². The fourth-order valence-electron chi connectivity index (χ4n) is 2.15. The molecule has 1 aromatic carbocycles. The highest BCUT2D eigenvalue weighted by atomic mass is 16.7. The van der Waals surface area contributed by atoms with Crippen molar-refractivity contribution in [1.29, 1.82) is 0 Å². The van der Waals surface area contributed by atoms with E-state index in [2.05, 4.69) is 0 Å². The van der Waals surface area contributed by atoms with Gasteiger partial charge in [-0.3, -0.25) is 0 Å². The molecule has 19 heavy (non-hydrogen) atoms. The molecule has 0 saturated carbocycles. The van der Waals surface area contributed by atoms with E-state index in [4.69, 9.17) is 19.3 Å². The Hall–Kier alpha value is -1.94. The second kappa shape index (κ2) is 5.36. The molecule has 0 amide bonds. The maximum atomic E-state index is 8.80. The molecule has 0 bridgehead atoms. The summed E-state index contributed by atoms with van der Waals surface area (Å²) in [7, 11) is 0. The largest absolute Gasteiger partial charge is 0.486 e. The Bertz CT molecular complexity index is 519. The molecule has 4 heteroatoms. The van der Waals surface area contributed by atoms with Crippen molar-refractivity contribution in [2.24, 2.45) is 0 Å². The molecule has 4 nitrogen and oxygen atoms in total. The normalized spacial score (nSPS) is 21.9. The number of hydrogen-bond acceptors (Lipinski definition) is 4. The van der Waals surface area contributed by atoms with E-state index < -0.39 is 0 Å². The standard InChI is InChI=1S/C15H16O4/c16-7-1-2-12-4-5-13(19-12)8-11-3-6-14-15(9-11)18-10-17-14/h3-6,8-9,12,16H,1-2,7,10H2/b13-8-. The Balaban J connectivity index is 1.68. The van der Waals surface area contributed by atoms with Crippen LogP contribution in [0.2, 0.25) is 0 Å². The predicted octanol–water partition coefficient (Wildman–Crippen LogP) is 2.48. The molecule has 100 valence electrons. The van der Waals surface area contributed by atoms with Crippen molar-refractivity contribution in [3.63, 3.8) is 0 Å². The number of benzene rings is 1. The zero-order valence-electron chi connectivity index (χ0n) is 10.5. The summed E-state index contributed by atoms with van der Waals surface area (Å²) in [6.45, 7) is 0.490. The average molecular weight is 260 g/mol. The van der Waals surface area contributed by atoms with Crippen molar-refractivity contribution in [3.8, 4) is 11.5 Å². The highest BCUT2D eigenvalue weighted by Crippen LogP contribution is 2.33. The van der Waals surface area contributed by atoms with Crippen LogP contribution < -0.4 is 9.47 Å². The van der Waals surface area contributed by atoms with Crippen molar-refractivity contribution in [1.82, 2.24) is 0 Å². The third-order valence-corrected chi connectivity index (χ3v) is 3.11. The molecular weight excluding hydrogens is 244 g/mol. The Kier molecular flexibility index (Phi) is 3.42. The van der Waals surface area contributed by atoms with Gasteiger partial charge in [0.2, 0.25) is 6.79 Å². The van der Waals surface area contributed by atoms with E-state index in [1.165, 1.54) is 0 Å². The molecule has 0 aliphatic carbocycles. The minimum absolute atomic E-state index is 0.0763. The van der Waals surface area contributed by atoms with E-state index in [1.54, 1.807) is 0 Å². The number of hydrogen-bond donors (Lipinski definition) is 1. The predicted molar refractivity (Wildman–Crippen MR) is 70.9 cm³/mol.